The number of aliphatic carboxylic acids is 1. The van der Waals surface area contributed by atoms with Gasteiger partial charge >= 0.3 is 12.1 Å². The molecule has 0 bridgehead atoms. The zero-order valence-corrected chi connectivity index (χ0v) is 7.74. The van der Waals surface area contributed by atoms with Gasteiger partial charge in [-0.1, -0.05) is 18.6 Å². The van der Waals surface area contributed by atoms with Gasteiger partial charge in [0.1, 0.15) is 6.61 Å². The van der Waals surface area contributed by atoms with Crippen LogP contribution in [0.25, 0.3) is 0 Å². The van der Waals surface area contributed by atoms with Crippen LogP contribution in [0.2, 0.25) is 0 Å². The summed E-state index contributed by atoms with van der Waals surface area (Å²) in [7, 11) is 0. The van der Waals surface area contributed by atoms with E-state index in [2.05, 4.69) is 22.6 Å². The van der Waals surface area contributed by atoms with Crippen molar-refractivity contribution in [3.05, 3.63) is 12.7 Å². The van der Waals surface area contributed by atoms with Crippen LogP contribution in [0.15, 0.2) is 12.7 Å². The molecule has 5 nitrogen and oxygen atoms in total. The number of amides is 1. The van der Waals surface area contributed by atoms with Crippen LogP contribution in [0.1, 0.15) is 6.92 Å². The molecule has 0 aromatic carbocycles. The first kappa shape index (κ1) is 12.0. The van der Waals surface area contributed by atoms with Crippen LogP contribution in [0.5, 0.6) is 0 Å². The molecule has 0 aliphatic carbocycles. The van der Waals surface area contributed by atoms with Crippen molar-refractivity contribution in [1.29, 1.82) is 0 Å². The Morgan fingerprint density at radius 1 is 1.71 bits per heavy atom. The Morgan fingerprint density at radius 3 is 2.86 bits per heavy atom. The van der Waals surface area contributed by atoms with Crippen LogP contribution in [-0.2, 0) is 9.53 Å². The molecular formula is C9H11NO4. The molecule has 1 amide bonds. The highest BCUT2D eigenvalue weighted by molar-refractivity contribution is 5.86. The average molecular weight is 197 g/mol. The van der Waals surface area contributed by atoms with Crippen LogP contribution in [0, 0.1) is 11.8 Å². The number of carboxylic acids is 1. The second kappa shape index (κ2) is 6.54. The lowest BCUT2D eigenvalue weighted by molar-refractivity contribution is -0.130. The molecule has 0 heterocycles. The molecule has 0 rings (SSSR count). The van der Waals surface area contributed by atoms with Crippen molar-refractivity contribution in [2.24, 2.45) is 0 Å². The number of carbonyl (C=O) groups is 2. The Balaban J connectivity index is 3.89. The Bertz CT molecular complexity index is 287. The summed E-state index contributed by atoms with van der Waals surface area (Å²) in [4.78, 5) is 20.9. The third-order valence-electron chi connectivity index (χ3n) is 1.06. The highest BCUT2D eigenvalue weighted by atomic mass is 16.5. The molecule has 0 aromatic rings. The summed E-state index contributed by atoms with van der Waals surface area (Å²) < 4.78 is 4.59. The summed E-state index contributed by atoms with van der Waals surface area (Å²) in [5.41, 5.74) is 0. The summed E-state index contributed by atoms with van der Waals surface area (Å²) in [6, 6.07) is -0.566. The lowest BCUT2D eigenvalue weighted by Crippen LogP contribution is -2.32. The Labute approximate surface area is 81.7 Å². The largest absolute Gasteiger partial charge is 0.472 e. The first-order valence-corrected chi connectivity index (χ1v) is 3.85. The molecule has 2 N–H and O–H groups in total. The summed E-state index contributed by atoms with van der Waals surface area (Å²) in [6.07, 6.45) is 0.768. The van der Waals surface area contributed by atoms with Crippen molar-refractivity contribution in [3.63, 3.8) is 0 Å². The van der Waals surface area contributed by atoms with Gasteiger partial charge in [0.15, 0.2) is 0 Å². The minimum absolute atomic E-state index is 0.102. The fraction of sp³-hybridized carbons (Fsp3) is 0.333. The molecule has 5 heteroatoms. The van der Waals surface area contributed by atoms with Crippen LogP contribution in [-0.4, -0.2) is 29.8 Å². The number of hydrogen-bond donors (Lipinski definition) is 2. The third kappa shape index (κ3) is 6.73. The van der Waals surface area contributed by atoms with E-state index in [0.29, 0.717) is 0 Å². The first-order chi connectivity index (χ1) is 6.56. The highest BCUT2D eigenvalue weighted by Crippen LogP contribution is 1.83. The molecule has 0 aliphatic rings. The average Bonchev–Trinajstić information content (AvgIpc) is 2.11. The minimum Gasteiger partial charge on any atom is -0.472 e. The van der Waals surface area contributed by atoms with E-state index in [9.17, 15) is 9.59 Å². The lowest BCUT2D eigenvalue weighted by Gasteiger charge is -2.06. The molecular weight excluding hydrogens is 186 g/mol. The summed E-state index contributed by atoms with van der Waals surface area (Å²) >= 11 is 0. The van der Waals surface area contributed by atoms with Gasteiger partial charge in [0, 0.05) is 5.92 Å². The van der Waals surface area contributed by atoms with E-state index in [1.54, 1.807) is 6.92 Å². The van der Waals surface area contributed by atoms with Crippen molar-refractivity contribution < 1.29 is 19.4 Å². The van der Waals surface area contributed by atoms with E-state index >= 15 is 0 Å². The van der Waals surface area contributed by atoms with Gasteiger partial charge in [-0.05, 0) is 6.92 Å². The monoisotopic (exact) mass is 197 g/mol. The molecule has 0 saturated heterocycles. The van der Waals surface area contributed by atoms with Gasteiger partial charge in [0.05, 0.1) is 6.04 Å². The lowest BCUT2D eigenvalue weighted by atomic mass is 10.3. The summed E-state index contributed by atoms with van der Waals surface area (Å²) in [5.74, 6) is 2.95. The quantitative estimate of drug-likeness (QED) is 0.506. The second-order valence-corrected chi connectivity index (χ2v) is 2.33. The van der Waals surface area contributed by atoms with E-state index < -0.39 is 18.1 Å². The van der Waals surface area contributed by atoms with E-state index in [1.165, 1.54) is 6.08 Å². The maximum absolute atomic E-state index is 10.9. The molecule has 1 unspecified atom stereocenters. The van der Waals surface area contributed by atoms with Crippen LogP contribution >= 0.6 is 0 Å². The van der Waals surface area contributed by atoms with E-state index in [1.807, 2.05) is 5.92 Å². The molecule has 0 spiro atoms. The topological polar surface area (TPSA) is 75.6 Å². The van der Waals surface area contributed by atoms with Gasteiger partial charge in [-0.3, -0.25) is 0 Å². The van der Waals surface area contributed by atoms with E-state index in [4.69, 9.17) is 5.11 Å². The number of ether oxygens (including phenoxy) is 1. The smallest absolute Gasteiger partial charge is 0.408 e. The predicted octanol–water partition coefficient (Wildman–Crippen LogP) is 0.375. The molecule has 1 atom stereocenters. The van der Waals surface area contributed by atoms with E-state index in [-0.39, 0.29) is 6.61 Å². The molecule has 76 valence electrons. The first-order valence-electron chi connectivity index (χ1n) is 3.85. The number of rotatable bonds is 3. The third-order valence-corrected chi connectivity index (χ3v) is 1.06. The standard InChI is InChI=1S/C9H11NO4/c1-3-6-14-9(13)10-7(2)4-5-8(11)12/h3,7H,1,6H2,2H3,(H,10,13)(H,11,12). The molecule has 0 saturated carbocycles. The van der Waals surface area contributed by atoms with E-state index in [0.717, 1.165) is 0 Å². The summed E-state index contributed by atoms with van der Waals surface area (Å²) in [5, 5.41) is 10.5. The highest BCUT2D eigenvalue weighted by Gasteiger charge is 2.04. The normalized spacial score (nSPS) is 10.4. The zero-order chi connectivity index (χ0) is 11.0. The summed E-state index contributed by atoms with van der Waals surface area (Å²) in [6.45, 7) is 5.01. The second-order valence-electron chi connectivity index (χ2n) is 2.33. The van der Waals surface area contributed by atoms with Gasteiger partial charge in [-0.15, -0.1) is 0 Å². The maximum atomic E-state index is 10.9. The van der Waals surface area contributed by atoms with Crippen molar-refractivity contribution in [2.45, 2.75) is 13.0 Å². The van der Waals surface area contributed by atoms with Gasteiger partial charge in [-0.25, -0.2) is 9.59 Å². The Hall–Kier alpha value is -1.96. The van der Waals surface area contributed by atoms with Crippen molar-refractivity contribution in [1.82, 2.24) is 5.32 Å². The minimum atomic E-state index is -1.24. The van der Waals surface area contributed by atoms with Gasteiger partial charge in [-0.2, -0.15) is 0 Å². The number of hydrogen-bond acceptors (Lipinski definition) is 3. The number of alkyl carbamates (subject to hydrolysis) is 1. The van der Waals surface area contributed by atoms with Crippen molar-refractivity contribution >= 4 is 12.1 Å². The van der Waals surface area contributed by atoms with Crippen LogP contribution in [0.4, 0.5) is 4.79 Å². The van der Waals surface area contributed by atoms with Gasteiger partial charge in [0.25, 0.3) is 0 Å². The molecule has 0 aromatic heterocycles. The molecule has 14 heavy (non-hydrogen) atoms. The SMILES string of the molecule is C=CCOC(=O)NC(C)C#CC(=O)O. The Morgan fingerprint density at radius 2 is 2.36 bits per heavy atom. The molecule has 0 radical (unpaired) electrons. The van der Waals surface area contributed by atoms with Gasteiger partial charge < -0.3 is 15.2 Å². The number of carbonyl (C=O) groups excluding carboxylic acids is 1. The molecule has 0 fully saturated rings. The van der Waals surface area contributed by atoms with Crippen LogP contribution < -0.4 is 5.32 Å². The van der Waals surface area contributed by atoms with Crippen molar-refractivity contribution in [2.75, 3.05) is 6.61 Å². The van der Waals surface area contributed by atoms with Crippen molar-refractivity contribution in [3.8, 4) is 11.8 Å². The predicted molar refractivity (Wildman–Crippen MR) is 49.6 cm³/mol. The van der Waals surface area contributed by atoms with Crippen LogP contribution in [0.3, 0.4) is 0 Å². The zero-order valence-electron chi connectivity index (χ0n) is 7.74. The fourth-order valence-corrected chi connectivity index (χ4v) is 0.559. The van der Waals surface area contributed by atoms with Gasteiger partial charge in [0.2, 0.25) is 0 Å². The molecule has 0 aliphatic heterocycles. The Kier molecular flexibility index (Phi) is 5.63. The number of carboxylic acid groups (broad SMARTS) is 1. The maximum Gasteiger partial charge on any atom is 0.408 e. The fourth-order valence-electron chi connectivity index (χ4n) is 0.559. The number of nitrogens with one attached hydrogen (secondary N) is 1.